The van der Waals surface area contributed by atoms with Gasteiger partial charge in [-0.25, -0.2) is 19.1 Å². The molecular weight excluding hydrogens is 582 g/mol. The molecule has 1 aliphatic heterocycles. The Morgan fingerprint density at radius 2 is 1.57 bits per heavy atom. The molecule has 5 rings (SSSR count). The maximum atomic E-state index is 13.3. The first-order valence-corrected chi connectivity index (χ1v) is 16.1. The van der Waals surface area contributed by atoms with E-state index < -0.39 is 17.3 Å². The topological polar surface area (TPSA) is 130 Å². The molecule has 1 aliphatic carbocycles. The fraction of sp³-hybridized carbons (Fsp3) is 0.581. The molecule has 12 nitrogen and oxygen atoms in total. The van der Waals surface area contributed by atoms with Crippen LogP contribution in [0, 0.1) is 0 Å². The van der Waals surface area contributed by atoms with E-state index in [2.05, 4.69) is 20.6 Å². The predicted molar refractivity (Wildman–Crippen MR) is 169 cm³/mol. The highest BCUT2D eigenvalue weighted by molar-refractivity contribution is 7.12. The Hall–Kier alpha value is -3.87. The number of aromatic nitrogens is 3. The fourth-order valence-electron chi connectivity index (χ4n) is 5.48. The normalized spacial score (nSPS) is 19.5. The van der Waals surface area contributed by atoms with Crippen molar-refractivity contribution < 1.29 is 23.9 Å². The lowest BCUT2D eigenvalue weighted by Crippen LogP contribution is -2.53. The number of carbonyl (C=O) groups excluding carboxylic acids is 3. The lowest BCUT2D eigenvalue weighted by Gasteiger charge is -2.36. The van der Waals surface area contributed by atoms with Gasteiger partial charge in [-0.3, -0.25) is 4.79 Å². The summed E-state index contributed by atoms with van der Waals surface area (Å²) in [7, 11) is 0. The van der Waals surface area contributed by atoms with E-state index in [4.69, 9.17) is 14.5 Å². The summed E-state index contributed by atoms with van der Waals surface area (Å²) in [5.41, 5.74) is 2.21. The van der Waals surface area contributed by atoms with Gasteiger partial charge in [-0.15, -0.1) is 11.3 Å². The lowest BCUT2D eigenvalue weighted by molar-refractivity contribution is 0.0240. The van der Waals surface area contributed by atoms with Crippen molar-refractivity contribution in [3.63, 3.8) is 0 Å². The monoisotopic (exact) mass is 625 g/mol. The molecule has 1 saturated heterocycles. The summed E-state index contributed by atoms with van der Waals surface area (Å²) in [5, 5.41) is 12.6. The van der Waals surface area contributed by atoms with Crippen LogP contribution in [0.3, 0.4) is 0 Å². The number of rotatable bonds is 5. The predicted octanol–water partition coefficient (Wildman–Crippen LogP) is 5.08. The highest BCUT2D eigenvalue weighted by atomic mass is 32.1. The number of thiophene rings is 1. The zero-order chi connectivity index (χ0) is 31.6. The quantitative estimate of drug-likeness (QED) is 0.402. The minimum Gasteiger partial charge on any atom is -0.444 e. The molecule has 0 radical (unpaired) electrons. The van der Waals surface area contributed by atoms with E-state index in [1.165, 1.54) is 11.3 Å². The van der Waals surface area contributed by atoms with Crippen molar-refractivity contribution in [1.29, 1.82) is 0 Å². The average molecular weight is 626 g/mol. The molecule has 0 aromatic carbocycles. The Labute approximate surface area is 262 Å². The number of nitrogens with one attached hydrogen (secondary N) is 2. The molecule has 13 heteroatoms. The second kappa shape index (κ2) is 12.6. The fourth-order valence-corrected chi connectivity index (χ4v) is 6.29. The summed E-state index contributed by atoms with van der Waals surface area (Å²) in [6.07, 6.45) is 8.33. The third-order valence-electron chi connectivity index (χ3n) is 7.56. The lowest BCUT2D eigenvalue weighted by atomic mass is 9.90. The second-order valence-corrected chi connectivity index (χ2v) is 14.3. The minimum absolute atomic E-state index is 0.165. The number of hydrogen-bond acceptors (Lipinski definition) is 9. The molecule has 238 valence electrons. The molecule has 0 bridgehead atoms. The van der Waals surface area contributed by atoms with Gasteiger partial charge in [-0.2, -0.15) is 5.10 Å². The molecule has 44 heavy (non-hydrogen) atoms. The van der Waals surface area contributed by atoms with Crippen molar-refractivity contribution in [1.82, 2.24) is 30.1 Å². The first-order valence-electron chi connectivity index (χ1n) is 15.2. The molecule has 1 saturated carbocycles. The number of amides is 3. The van der Waals surface area contributed by atoms with Gasteiger partial charge in [0, 0.05) is 37.8 Å². The number of hydrogen-bond donors (Lipinski definition) is 2. The smallest absolute Gasteiger partial charge is 0.410 e. The van der Waals surface area contributed by atoms with E-state index in [1.54, 1.807) is 15.6 Å². The van der Waals surface area contributed by atoms with Crippen LogP contribution in [0.4, 0.5) is 15.3 Å². The van der Waals surface area contributed by atoms with Crippen molar-refractivity contribution in [2.24, 2.45) is 0 Å². The highest BCUT2D eigenvalue weighted by Gasteiger charge is 2.30. The summed E-state index contributed by atoms with van der Waals surface area (Å²) in [5.74, 6) is -0.165. The molecule has 3 aromatic heterocycles. The van der Waals surface area contributed by atoms with E-state index in [-0.39, 0.29) is 24.1 Å². The average Bonchev–Trinajstić information content (AvgIpc) is 3.59. The number of alkyl carbamates (subject to hydrolysis) is 1. The summed E-state index contributed by atoms with van der Waals surface area (Å²) in [4.78, 5) is 47.3. The molecule has 0 unspecified atom stereocenters. The van der Waals surface area contributed by atoms with Crippen LogP contribution in [0.15, 0.2) is 30.0 Å². The zero-order valence-electron chi connectivity index (χ0n) is 26.4. The van der Waals surface area contributed by atoms with Crippen molar-refractivity contribution in [2.75, 3.05) is 31.1 Å². The van der Waals surface area contributed by atoms with Crippen molar-refractivity contribution in [3.8, 4) is 11.1 Å². The van der Waals surface area contributed by atoms with Gasteiger partial charge < -0.3 is 29.9 Å². The number of anilines is 1. The van der Waals surface area contributed by atoms with Gasteiger partial charge in [0.1, 0.15) is 11.2 Å². The van der Waals surface area contributed by atoms with E-state index in [0.29, 0.717) is 36.7 Å². The highest BCUT2D eigenvalue weighted by Crippen LogP contribution is 2.30. The van der Waals surface area contributed by atoms with E-state index >= 15 is 0 Å². The number of nitrogens with zero attached hydrogens (tertiary/aromatic N) is 5. The third kappa shape index (κ3) is 7.79. The Bertz CT molecular complexity index is 1500. The molecule has 2 aliphatic rings. The summed E-state index contributed by atoms with van der Waals surface area (Å²) < 4.78 is 12.7. The number of fused-ring (bicyclic) bond motifs is 1. The Morgan fingerprint density at radius 1 is 0.909 bits per heavy atom. The van der Waals surface area contributed by atoms with E-state index in [1.807, 2.05) is 65.4 Å². The van der Waals surface area contributed by atoms with Crippen LogP contribution < -0.4 is 15.5 Å². The Morgan fingerprint density at radius 3 is 2.23 bits per heavy atom. The molecule has 3 amide bonds. The van der Waals surface area contributed by atoms with Gasteiger partial charge in [0.05, 0.1) is 35.2 Å². The van der Waals surface area contributed by atoms with Gasteiger partial charge in [0.25, 0.3) is 5.91 Å². The maximum Gasteiger partial charge on any atom is 0.410 e. The molecule has 4 heterocycles. The minimum atomic E-state index is -0.585. The largest absolute Gasteiger partial charge is 0.444 e. The van der Waals surface area contributed by atoms with Gasteiger partial charge in [-0.05, 0) is 71.4 Å². The SMILES string of the molecule is CC(C)(C)OC(=O)N[C@@H]1CCCC[C@@H]1NC(=O)c1cc(-c2cnn3cc(N4CCN(C(=O)OC(C)(C)C)CC4)cnc23)cs1. The van der Waals surface area contributed by atoms with Crippen LogP contribution in [0.1, 0.15) is 76.9 Å². The number of piperazine rings is 1. The van der Waals surface area contributed by atoms with E-state index in [9.17, 15) is 14.4 Å². The summed E-state index contributed by atoms with van der Waals surface area (Å²) >= 11 is 1.37. The first-order chi connectivity index (χ1) is 20.8. The van der Waals surface area contributed by atoms with Crippen LogP contribution >= 0.6 is 11.3 Å². The van der Waals surface area contributed by atoms with Gasteiger partial charge in [0.2, 0.25) is 0 Å². The Kier molecular flexibility index (Phi) is 9.05. The summed E-state index contributed by atoms with van der Waals surface area (Å²) in [6, 6.07) is 1.51. The molecule has 2 fully saturated rings. The van der Waals surface area contributed by atoms with Crippen molar-refractivity contribution in [3.05, 3.63) is 34.9 Å². The van der Waals surface area contributed by atoms with Gasteiger partial charge in [-0.1, -0.05) is 12.8 Å². The zero-order valence-corrected chi connectivity index (χ0v) is 27.2. The standard InChI is InChI=1S/C31H43N7O5S/c1-30(2,3)42-28(40)35-24-10-8-7-9-23(24)34-27(39)25-15-20(19-44-25)22-17-33-38-18-21(16-32-26(22)38)36-11-13-37(14-12-36)29(41)43-31(4,5)6/h15-19,23-24H,7-14H2,1-6H3,(H,34,39)(H,35,40)/t23-,24+/m0/s1. The van der Waals surface area contributed by atoms with Crippen LogP contribution in [0.5, 0.6) is 0 Å². The number of carbonyl (C=O) groups is 3. The van der Waals surface area contributed by atoms with Crippen LogP contribution in [0.2, 0.25) is 0 Å². The molecular formula is C31H43N7O5S. The van der Waals surface area contributed by atoms with Crippen molar-refractivity contribution >= 4 is 40.8 Å². The molecule has 2 atom stereocenters. The third-order valence-corrected chi connectivity index (χ3v) is 8.49. The number of ether oxygens (including phenoxy) is 2. The van der Waals surface area contributed by atoms with Crippen LogP contribution in [-0.2, 0) is 9.47 Å². The van der Waals surface area contributed by atoms with Gasteiger partial charge >= 0.3 is 12.2 Å². The second-order valence-electron chi connectivity index (χ2n) is 13.4. The van der Waals surface area contributed by atoms with E-state index in [0.717, 1.165) is 42.5 Å². The maximum absolute atomic E-state index is 13.3. The summed E-state index contributed by atoms with van der Waals surface area (Å²) in [6.45, 7) is 13.6. The molecule has 0 spiro atoms. The molecule has 3 aromatic rings. The first kappa shape index (κ1) is 31.6. The van der Waals surface area contributed by atoms with Gasteiger partial charge in [0.15, 0.2) is 5.65 Å². The van der Waals surface area contributed by atoms with Crippen LogP contribution in [-0.4, -0.2) is 87.1 Å². The Balaban J connectivity index is 1.21. The van der Waals surface area contributed by atoms with Crippen molar-refractivity contribution in [2.45, 2.75) is 90.5 Å². The molecule has 2 N–H and O–H groups in total. The van der Waals surface area contributed by atoms with Crippen LogP contribution in [0.25, 0.3) is 16.8 Å².